The van der Waals surface area contributed by atoms with Crippen LogP contribution in [0.4, 0.5) is 40.8 Å². The molecule has 0 heterocycles. The molecule has 0 aromatic heterocycles. The number of anilines is 1. The summed E-state index contributed by atoms with van der Waals surface area (Å²) in [7, 11) is 3.95. The lowest BCUT2D eigenvalue weighted by molar-refractivity contribution is -0.221. The molecule has 0 saturated carbocycles. The number of Topliss-reactive ketones (excluding diaryl/α,β-unsaturated/α-hetero) is 1. The van der Waals surface area contributed by atoms with Gasteiger partial charge in [0, 0.05) is 71.2 Å². The van der Waals surface area contributed by atoms with E-state index >= 15 is 0 Å². The summed E-state index contributed by atoms with van der Waals surface area (Å²) in [5.74, 6) is -7.21. The third-order valence-corrected chi connectivity index (χ3v) is 7.85. The number of carbonyl (C=O) groups is 3. The van der Waals surface area contributed by atoms with Crippen molar-refractivity contribution in [2.24, 2.45) is 0 Å². The molecule has 0 aliphatic rings. The number of rotatable bonds is 2. The van der Waals surface area contributed by atoms with E-state index in [9.17, 15) is 49.5 Å². The fourth-order valence-electron chi connectivity index (χ4n) is 1.79. The van der Waals surface area contributed by atoms with E-state index in [1.54, 1.807) is 6.07 Å². The Morgan fingerprint density at radius 2 is 1.23 bits per heavy atom. The van der Waals surface area contributed by atoms with Crippen LogP contribution in [0.5, 0.6) is 0 Å². The first-order chi connectivity index (χ1) is 17.7. The minimum Gasteiger partial charge on any atom is -0.399 e. The zero-order valence-corrected chi connectivity index (χ0v) is 24.3. The van der Waals surface area contributed by atoms with Crippen LogP contribution in [0.2, 0.25) is 10.0 Å². The Hall–Kier alpha value is -1.83. The number of carbonyl (C=O) groups excluding carboxylic acids is 3. The molecule has 2 aromatic carbocycles. The number of alkyl halides is 6. The van der Waals surface area contributed by atoms with Gasteiger partial charge in [0.15, 0.2) is 0 Å². The largest absolute Gasteiger partial charge is 0.491 e. The van der Waals surface area contributed by atoms with Gasteiger partial charge in [0.05, 0.1) is 0 Å². The zero-order chi connectivity index (χ0) is 31.0. The molecule has 2 aromatic rings. The van der Waals surface area contributed by atoms with Crippen molar-refractivity contribution < 1.29 is 54.2 Å². The molecule has 0 saturated heterocycles. The number of hydrogen-bond acceptors (Lipinski definition) is 7. The van der Waals surface area contributed by atoms with Gasteiger partial charge in [-0.1, -0.05) is 23.2 Å². The van der Waals surface area contributed by atoms with Gasteiger partial charge >= 0.3 is 24.3 Å². The molecule has 0 aliphatic heterocycles. The molecule has 0 unspecified atom stereocenters. The topological polar surface area (TPSA) is 86.5 Å². The number of ketones is 1. The van der Waals surface area contributed by atoms with Crippen molar-refractivity contribution in [3.8, 4) is 0 Å². The predicted molar refractivity (Wildman–Crippen MR) is 142 cm³/mol. The standard InChI is InChI=1S/C9H8ClFO.C6H5ClFN.C4F6O3.S5/c1-6(12)2-7-3-8(10)5-9(11)4-7;7-4-1-5(8)3-6(9)2-4;5-3(6,7)1(11)13-2(12)4(8,9)10;1-3-5-4-2/h3-5H,2H2,1H3;1-3H,9H2;;. The van der Waals surface area contributed by atoms with E-state index in [0.29, 0.717) is 21.3 Å². The van der Waals surface area contributed by atoms with Gasteiger partial charge < -0.3 is 10.5 Å². The second-order valence-electron chi connectivity index (χ2n) is 6.24. The van der Waals surface area contributed by atoms with Crippen molar-refractivity contribution >= 4 is 95.6 Å². The van der Waals surface area contributed by atoms with Crippen molar-refractivity contribution in [2.75, 3.05) is 5.73 Å². The monoisotopic (exact) mass is 701 g/mol. The fraction of sp³-hybridized carbons (Fsp3) is 0.211. The predicted octanol–water partition coefficient (Wildman–Crippen LogP) is 5.84. The molecule has 218 valence electrons. The quantitative estimate of drug-likeness (QED) is 0.182. The third kappa shape index (κ3) is 21.6. The number of nitrogens with two attached hydrogens (primary N) is 1. The van der Waals surface area contributed by atoms with Crippen LogP contribution in [0.15, 0.2) is 36.4 Å². The maximum absolute atomic E-state index is 12.7. The molecule has 2 rings (SSSR count). The van der Waals surface area contributed by atoms with E-state index in [1.165, 1.54) is 63.9 Å². The van der Waals surface area contributed by atoms with E-state index in [2.05, 4.69) is 27.1 Å². The lowest BCUT2D eigenvalue weighted by Gasteiger charge is -2.06. The number of nitrogen functional groups attached to an aromatic ring is 1. The maximum atomic E-state index is 12.7. The summed E-state index contributed by atoms with van der Waals surface area (Å²) in [5, 5.41) is 0.652. The molecule has 2 N–H and O–H groups in total. The molecular weight excluding hydrogens is 689 g/mol. The molecular formula is C19H13Cl2F8NO4S5. The summed E-state index contributed by atoms with van der Waals surface area (Å²) < 4.78 is 94.6. The highest BCUT2D eigenvalue weighted by Gasteiger charge is 2.49. The van der Waals surface area contributed by atoms with Crippen LogP contribution in [-0.2, 0) is 74.6 Å². The van der Waals surface area contributed by atoms with Crippen LogP contribution in [0.3, 0.4) is 0 Å². The van der Waals surface area contributed by atoms with E-state index < -0.39 is 35.9 Å². The van der Waals surface area contributed by atoms with Crippen LogP contribution in [0.25, 0.3) is 0 Å². The molecule has 20 heteroatoms. The van der Waals surface area contributed by atoms with E-state index in [4.69, 9.17) is 28.9 Å². The highest BCUT2D eigenvalue weighted by atomic mass is 35.5. The fourth-order valence-corrected chi connectivity index (χ4v) is 5.01. The molecule has 0 amide bonds. The number of benzene rings is 2. The highest BCUT2D eigenvalue weighted by molar-refractivity contribution is 8.59. The summed E-state index contributed by atoms with van der Waals surface area (Å²) in [6.45, 7) is 1.46. The van der Waals surface area contributed by atoms with Crippen molar-refractivity contribution in [3.63, 3.8) is 0 Å². The Labute approximate surface area is 243 Å². The first-order valence-corrected chi connectivity index (χ1v) is 15.1. The Morgan fingerprint density at radius 1 is 0.821 bits per heavy atom. The molecule has 0 radical (unpaired) electrons. The molecule has 0 atom stereocenters. The molecule has 39 heavy (non-hydrogen) atoms. The first kappa shape index (κ1) is 39.3. The Balaban J connectivity index is 0. The molecule has 0 fully saturated rings. The van der Waals surface area contributed by atoms with E-state index in [0.717, 1.165) is 0 Å². The van der Waals surface area contributed by atoms with Gasteiger partial charge in [-0.15, -0.1) is 0 Å². The van der Waals surface area contributed by atoms with Crippen LogP contribution < -0.4 is 5.73 Å². The highest BCUT2D eigenvalue weighted by Crippen LogP contribution is 2.21. The number of halogens is 10. The molecule has 0 spiro atoms. The van der Waals surface area contributed by atoms with Crippen LogP contribution in [-0.4, -0.2) is 30.1 Å². The Kier molecular flexibility index (Phi) is 19.4. The summed E-state index contributed by atoms with van der Waals surface area (Å²) in [6.07, 6.45) is -11.0. The molecule has 0 aliphatic carbocycles. The van der Waals surface area contributed by atoms with Gasteiger partial charge in [-0.2, -0.15) is 26.3 Å². The van der Waals surface area contributed by atoms with Crippen LogP contribution >= 0.6 is 23.2 Å². The Bertz CT molecular complexity index is 1170. The van der Waals surface area contributed by atoms with Crippen LogP contribution in [0, 0.1) is 11.6 Å². The van der Waals surface area contributed by atoms with Gasteiger partial charge in [0.25, 0.3) is 0 Å². The van der Waals surface area contributed by atoms with Gasteiger partial charge in [-0.05, 0) is 48.9 Å². The second kappa shape index (κ2) is 19.3. The second-order valence-corrected chi connectivity index (χ2v) is 12.4. The minimum atomic E-state index is -5.62. The number of ether oxygens (including phenoxy) is 1. The lowest BCUT2D eigenvalue weighted by atomic mass is 10.1. The van der Waals surface area contributed by atoms with Crippen LogP contribution in [0.1, 0.15) is 12.5 Å². The number of hydrogen-bond donors (Lipinski definition) is 1. The molecule has 0 bridgehead atoms. The average Bonchev–Trinajstić information content (AvgIpc) is 2.72. The summed E-state index contributed by atoms with van der Waals surface area (Å²) >= 11 is 19.9. The lowest BCUT2D eigenvalue weighted by Crippen LogP contribution is -2.34. The van der Waals surface area contributed by atoms with Gasteiger partial charge in [-0.25, -0.2) is 18.4 Å². The molecule has 5 nitrogen and oxygen atoms in total. The third-order valence-electron chi connectivity index (χ3n) is 2.96. The summed E-state index contributed by atoms with van der Waals surface area (Å²) in [6, 6.07) is 8.03. The van der Waals surface area contributed by atoms with Crippen molar-refractivity contribution in [3.05, 3.63) is 63.6 Å². The minimum absolute atomic E-state index is 0.00309. The first-order valence-electron chi connectivity index (χ1n) is 9.04. The van der Waals surface area contributed by atoms with Gasteiger partial charge in [0.2, 0.25) is 0 Å². The maximum Gasteiger partial charge on any atom is 0.491 e. The van der Waals surface area contributed by atoms with Gasteiger partial charge in [-0.3, -0.25) is 4.79 Å². The summed E-state index contributed by atoms with van der Waals surface area (Å²) in [5.41, 5.74) is 6.20. The Morgan fingerprint density at radius 3 is 1.51 bits per heavy atom. The van der Waals surface area contributed by atoms with E-state index in [-0.39, 0.29) is 12.2 Å². The SMILES string of the molecule is CC(=O)Cc1cc(F)cc(Cl)c1.Nc1cc(F)cc(Cl)c1.O=C(OC(=O)C(F)(F)F)C(F)(F)F.S=S=S=S=S. The van der Waals surface area contributed by atoms with Crippen molar-refractivity contribution in [1.29, 1.82) is 0 Å². The number of esters is 2. The summed E-state index contributed by atoms with van der Waals surface area (Å²) in [4.78, 5) is 30.0. The van der Waals surface area contributed by atoms with E-state index in [1.807, 2.05) is 0 Å². The van der Waals surface area contributed by atoms with Gasteiger partial charge in [0.1, 0.15) is 17.4 Å². The smallest absolute Gasteiger partial charge is 0.399 e. The van der Waals surface area contributed by atoms with Crippen molar-refractivity contribution in [1.82, 2.24) is 0 Å². The normalized spacial score (nSPS) is 10.1. The zero-order valence-electron chi connectivity index (χ0n) is 18.7. The average molecular weight is 703 g/mol. The van der Waals surface area contributed by atoms with Crippen molar-refractivity contribution in [2.45, 2.75) is 25.7 Å².